The van der Waals surface area contributed by atoms with E-state index in [0.717, 1.165) is 12.8 Å². The summed E-state index contributed by atoms with van der Waals surface area (Å²) in [5.41, 5.74) is 0.547. The van der Waals surface area contributed by atoms with E-state index in [1.54, 1.807) is 9.80 Å². The number of aromatic nitrogens is 1. The average Bonchev–Trinajstić information content (AvgIpc) is 3.29. The van der Waals surface area contributed by atoms with Gasteiger partial charge in [-0.2, -0.15) is 0 Å². The summed E-state index contributed by atoms with van der Waals surface area (Å²) in [6.07, 6.45) is 2.78. The predicted octanol–water partition coefficient (Wildman–Crippen LogP) is 1.44. The maximum atomic E-state index is 13.2. The molecule has 0 saturated carbocycles. The first kappa shape index (κ1) is 19.3. The number of hydrogen-bond donors (Lipinski definition) is 0. The zero-order valence-corrected chi connectivity index (χ0v) is 15.9. The second-order valence-corrected chi connectivity index (χ2v) is 7.22. The summed E-state index contributed by atoms with van der Waals surface area (Å²) in [4.78, 5) is 41.0. The van der Waals surface area contributed by atoms with E-state index in [1.165, 1.54) is 47.2 Å². The van der Waals surface area contributed by atoms with Gasteiger partial charge in [0, 0.05) is 50.7 Å². The molecule has 1 atom stereocenters. The molecule has 1 aromatic carbocycles. The first-order valence-corrected chi connectivity index (χ1v) is 9.71. The van der Waals surface area contributed by atoms with Crippen molar-refractivity contribution >= 4 is 11.8 Å². The summed E-state index contributed by atoms with van der Waals surface area (Å²) < 4.78 is 19.9. The molecule has 0 radical (unpaired) electrons. The fraction of sp³-hybridized carbons (Fsp3) is 0.381. The normalized spacial score (nSPS) is 19.4. The van der Waals surface area contributed by atoms with Crippen molar-refractivity contribution in [3.63, 3.8) is 0 Å². The third kappa shape index (κ3) is 4.07. The summed E-state index contributed by atoms with van der Waals surface area (Å²) in [5.74, 6) is -0.603. The summed E-state index contributed by atoms with van der Waals surface area (Å²) >= 11 is 0. The molecule has 2 aliphatic heterocycles. The Bertz CT molecular complexity index is 959. The van der Waals surface area contributed by atoms with E-state index in [4.69, 9.17) is 4.74 Å². The number of rotatable bonds is 3. The fourth-order valence-electron chi connectivity index (χ4n) is 3.71. The molecule has 2 saturated heterocycles. The number of amides is 2. The third-order valence-corrected chi connectivity index (χ3v) is 5.35. The SMILES string of the molecule is O=C(c1ccc(=O)n(-c2ccc(F)cc2)c1)N1CCN(C(=O)C2CCCO2)CC1. The van der Waals surface area contributed by atoms with Gasteiger partial charge in [-0.25, -0.2) is 4.39 Å². The molecule has 2 fully saturated rings. The van der Waals surface area contributed by atoms with Gasteiger partial charge in [-0.05, 0) is 43.2 Å². The Kier molecular flexibility index (Phi) is 5.44. The Morgan fingerprint density at radius 3 is 2.31 bits per heavy atom. The van der Waals surface area contributed by atoms with Gasteiger partial charge in [0.2, 0.25) is 0 Å². The molecule has 2 aromatic rings. The summed E-state index contributed by atoms with van der Waals surface area (Å²) in [5, 5.41) is 0. The first-order valence-electron chi connectivity index (χ1n) is 9.71. The quantitative estimate of drug-likeness (QED) is 0.783. The monoisotopic (exact) mass is 399 g/mol. The third-order valence-electron chi connectivity index (χ3n) is 5.35. The van der Waals surface area contributed by atoms with Gasteiger partial charge in [-0.3, -0.25) is 19.0 Å². The molecule has 8 heteroatoms. The lowest BCUT2D eigenvalue weighted by Gasteiger charge is -2.35. The van der Waals surface area contributed by atoms with Crippen LogP contribution in [-0.4, -0.2) is 65.1 Å². The van der Waals surface area contributed by atoms with Crippen molar-refractivity contribution in [3.05, 3.63) is 64.3 Å². The largest absolute Gasteiger partial charge is 0.368 e. The summed E-state index contributed by atoms with van der Waals surface area (Å²) in [7, 11) is 0. The molecule has 4 rings (SSSR count). The molecule has 0 spiro atoms. The molecule has 0 N–H and O–H groups in total. The second kappa shape index (κ2) is 8.16. The number of carbonyl (C=O) groups is 2. The van der Waals surface area contributed by atoms with Crippen molar-refractivity contribution in [1.82, 2.24) is 14.4 Å². The van der Waals surface area contributed by atoms with Gasteiger partial charge >= 0.3 is 0 Å². The highest BCUT2D eigenvalue weighted by molar-refractivity contribution is 5.94. The Morgan fingerprint density at radius 1 is 0.966 bits per heavy atom. The van der Waals surface area contributed by atoms with Crippen LogP contribution in [0.5, 0.6) is 0 Å². The lowest BCUT2D eigenvalue weighted by Crippen LogP contribution is -2.52. The number of carbonyl (C=O) groups excluding carboxylic acids is 2. The highest BCUT2D eigenvalue weighted by Crippen LogP contribution is 2.17. The second-order valence-electron chi connectivity index (χ2n) is 7.22. The van der Waals surface area contributed by atoms with Crippen LogP contribution >= 0.6 is 0 Å². The van der Waals surface area contributed by atoms with Gasteiger partial charge in [-0.15, -0.1) is 0 Å². The number of pyridine rings is 1. The van der Waals surface area contributed by atoms with Crippen molar-refractivity contribution in [2.45, 2.75) is 18.9 Å². The summed E-state index contributed by atoms with van der Waals surface area (Å²) in [6.45, 7) is 2.39. The molecule has 1 unspecified atom stereocenters. The molecule has 3 heterocycles. The standard InChI is InChI=1S/C21H22FN3O4/c22-16-4-6-17(7-5-16)25-14-15(3-8-19(25)26)20(27)23-9-11-24(12-10-23)21(28)18-2-1-13-29-18/h3-8,14,18H,1-2,9-13H2. The lowest BCUT2D eigenvalue weighted by molar-refractivity contribution is -0.142. The Balaban J connectivity index is 1.45. The minimum absolute atomic E-state index is 0.000501. The molecule has 2 amide bonds. The zero-order valence-electron chi connectivity index (χ0n) is 15.9. The van der Waals surface area contributed by atoms with Crippen molar-refractivity contribution in [3.8, 4) is 5.69 Å². The summed E-state index contributed by atoms with van der Waals surface area (Å²) in [6, 6.07) is 8.32. The van der Waals surface area contributed by atoms with Gasteiger partial charge in [0.1, 0.15) is 11.9 Å². The number of benzene rings is 1. The van der Waals surface area contributed by atoms with Crippen LogP contribution in [-0.2, 0) is 9.53 Å². The van der Waals surface area contributed by atoms with Crippen molar-refractivity contribution in [1.29, 1.82) is 0 Å². The number of ether oxygens (including phenoxy) is 1. The van der Waals surface area contributed by atoms with Crippen LogP contribution in [0.1, 0.15) is 23.2 Å². The number of halogens is 1. The van der Waals surface area contributed by atoms with Crippen molar-refractivity contribution < 1.29 is 18.7 Å². The minimum Gasteiger partial charge on any atom is -0.368 e. The van der Waals surface area contributed by atoms with Crippen LogP contribution in [0.25, 0.3) is 5.69 Å². The molecule has 152 valence electrons. The molecule has 2 aliphatic rings. The molecular formula is C21H22FN3O4. The first-order chi connectivity index (χ1) is 14.0. The Labute approximate surface area is 167 Å². The number of piperazine rings is 1. The van der Waals surface area contributed by atoms with Crippen molar-refractivity contribution in [2.75, 3.05) is 32.8 Å². The molecule has 0 aliphatic carbocycles. The van der Waals surface area contributed by atoms with Crippen LogP contribution in [0.15, 0.2) is 47.4 Å². The Hall–Kier alpha value is -3.00. The minimum atomic E-state index is -0.399. The maximum absolute atomic E-state index is 13.2. The number of hydrogen-bond acceptors (Lipinski definition) is 4. The fourth-order valence-corrected chi connectivity index (χ4v) is 3.71. The van der Waals surface area contributed by atoms with Crippen LogP contribution in [0.4, 0.5) is 4.39 Å². The lowest BCUT2D eigenvalue weighted by atomic mass is 10.2. The highest BCUT2D eigenvalue weighted by atomic mass is 19.1. The van der Waals surface area contributed by atoms with E-state index >= 15 is 0 Å². The maximum Gasteiger partial charge on any atom is 0.255 e. The van der Waals surface area contributed by atoms with Gasteiger partial charge in [-0.1, -0.05) is 0 Å². The predicted molar refractivity (Wildman–Crippen MR) is 103 cm³/mol. The average molecular weight is 399 g/mol. The van der Waals surface area contributed by atoms with E-state index in [2.05, 4.69) is 0 Å². The van der Waals surface area contributed by atoms with E-state index in [1.807, 2.05) is 0 Å². The molecule has 1 aromatic heterocycles. The van der Waals surface area contributed by atoms with E-state index in [-0.39, 0.29) is 23.5 Å². The van der Waals surface area contributed by atoms with Crippen LogP contribution < -0.4 is 5.56 Å². The van der Waals surface area contributed by atoms with E-state index in [9.17, 15) is 18.8 Å². The van der Waals surface area contributed by atoms with E-state index in [0.29, 0.717) is 44.0 Å². The number of nitrogens with zero attached hydrogens (tertiary/aromatic N) is 3. The van der Waals surface area contributed by atoms with Crippen molar-refractivity contribution in [2.24, 2.45) is 0 Å². The van der Waals surface area contributed by atoms with E-state index < -0.39 is 5.82 Å². The molecule has 0 bridgehead atoms. The van der Waals surface area contributed by atoms with Crippen LogP contribution in [0, 0.1) is 5.82 Å². The highest BCUT2D eigenvalue weighted by Gasteiger charge is 2.31. The topological polar surface area (TPSA) is 71.9 Å². The molecular weight excluding hydrogens is 377 g/mol. The smallest absolute Gasteiger partial charge is 0.255 e. The van der Waals surface area contributed by atoms with Crippen LogP contribution in [0.2, 0.25) is 0 Å². The molecule has 29 heavy (non-hydrogen) atoms. The Morgan fingerprint density at radius 2 is 1.66 bits per heavy atom. The van der Waals surface area contributed by atoms with Gasteiger partial charge in [0.25, 0.3) is 17.4 Å². The van der Waals surface area contributed by atoms with Gasteiger partial charge in [0.05, 0.1) is 5.56 Å². The zero-order chi connectivity index (χ0) is 20.4. The molecule has 7 nitrogen and oxygen atoms in total. The van der Waals surface area contributed by atoms with Gasteiger partial charge in [0.15, 0.2) is 0 Å². The van der Waals surface area contributed by atoms with Crippen LogP contribution in [0.3, 0.4) is 0 Å². The van der Waals surface area contributed by atoms with Gasteiger partial charge < -0.3 is 14.5 Å².